The Balaban J connectivity index is 1.44. The molecule has 1 aliphatic carbocycles. The Morgan fingerprint density at radius 3 is 2.62 bits per heavy atom. The highest BCUT2D eigenvalue weighted by Gasteiger charge is 2.63. The Hall–Kier alpha value is -0.900. The van der Waals surface area contributed by atoms with Crippen molar-refractivity contribution in [1.82, 2.24) is 0 Å². The number of aliphatic hydroxyl groups excluding tert-OH is 1. The molecular formula is C13H16O3. The van der Waals surface area contributed by atoms with Crippen LogP contribution in [0.5, 0.6) is 0 Å². The zero-order valence-corrected chi connectivity index (χ0v) is 9.08. The first-order valence-electron chi connectivity index (χ1n) is 5.78. The van der Waals surface area contributed by atoms with Crippen LogP contribution >= 0.6 is 0 Å². The van der Waals surface area contributed by atoms with Crippen molar-refractivity contribution in [2.45, 2.75) is 18.8 Å². The maximum absolute atomic E-state index is 9.13. The smallest absolute Gasteiger partial charge is 0.0900 e. The van der Waals surface area contributed by atoms with Crippen LogP contribution in [0.15, 0.2) is 30.3 Å². The van der Waals surface area contributed by atoms with Crippen molar-refractivity contribution in [2.24, 2.45) is 11.8 Å². The highest BCUT2D eigenvalue weighted by Crippen LogP contribution is 2.51. The lowest BCUT2D eigenvalue weighted by Gasteiger charge is -2.29. The van der Waals surface area contributed by atoms with Crippen molar-refractivity contribution < 1.29 is 14.6 Å². The summed E-state index contributed by atoms with van der Waals surface area (Å²) >= 11 is 0. The Morgan fingerprint density at radius 1 is 1.12 bits per heavy atom. The summed E-state index contributed by atoms with van der Waals surface area (Å²) in [5.74, 6) is 0.708. The molecule has 0 spiro atoms. The summed E-state index contributed by atoms with van der Waals surface area (Å²) < 4.78 is 11.1. The van der Waals surface area contributed by atoms with Gasteiger partial charge in [-0.15, -0.1) is 0 Å². The van der Waals surface area contributed by atoms with Crippen LogP contribution in [-0.2, 0) is 16.1 Å². The van der Waals surface area contributed by atoms with Crippen molar-refractivity contribution in [3.05, 3.63) is 35.9 Å². The van der Waals surface area contributed by atoms with Crippen molar-refractivity contribution >= 4 is 0 Å². The first-order chi connectivity index (χ1) is 7.90. The molecule has 1 N–H and O–H groups in total. The van der Waals surface area contributed by atoms with Gasteiger partial charge >= 0.3 is 0 Å². The fourth-order valence-electron chi connectivity index (χ4n) is 2.51. The van der Waals surface area contributed by atoms with Crippen molar-refractivity contribution in [1.29, 1.82) is 0 Å². The van der Waals surface area contributed by atoms with Gasteiger partial charge in [-0.3, -0.25) is 0 Å². The molecule has 3 nitrogen and oxygen atoms in total. The van der Waals surface area contributed by atoms with Crippen molar-refractivity contribution in [3.8, 4) is 0 Å². The molecule has 1 saturated carbocycles. The van der Waals surface area contributed by atoms with Gasteiger partial charge in [-0.25, -0.2) is 0 Å². The Morgan fingerprint density at radius 2 is 1.88 bits per heavy atom. The molecule has 2 aliphatic rings. The van der Waals surface area contributed by atoms with E-state index in [2.05, 4.69) is 12.1 Å². The maximum Gasteiger partial charge on any atom is 0.0900 e. The van der Waals surface area contributed by atoms with Gasteiger partial charge in [-0.2, -0.15) is 0 Å². The van der Waals surface area contributed by atoms with E-state index in [0.717, 1.165) is 0 Å². The van der Waals surface area contributed by atoms with Gasteiger partial charge in [0.05, 0.1) is 25.4 Å². The molecule has 0 aromatic heterocycles. The lowest BCUT2D eigenvalue weighted by molar-refractivity contribution is 0.0239. The van der Waals surface area contributed by atoms with E-state index in [1.54, 1.807) is 0 Å². The summed E-state index contributed by atoms with van der Waals surface area (Å²) in [6.07, 6.45) is 0.697. The van der Waals surface area contributed by atoms with E-state index >= 15 is 0 Å². The Labute approximate surface area is 95.0 Å². The molecule has 86 valence electrons. The molecule has 1 heterocycles. The second-order valence-corrected chi connectivity index (χ2v) is 4.58. The molecule has 1 aromatic rings. The third-order valence-corrected chi connectivity index (χ3v) is 3.59. The molecule has 0 amide bonds. The molecule has 1 aliphatic heterocycles. The van der Waals surface area contributed by atoms with Crippen LogP contribution in [0.4, 0.5) is 0 Å². The fourth-order valence-corrected chi connectivity index (χ4v) is 2.51. The average Bonchev–Trinajstić information content (AvgIpc) is 3.01. The quantitative estimate of drug-likeness (QED) is 0.758. The number of fused-ring (bicyclic) bond motifs is 1. The van der Waals surface area contributed by atoms with Gasteiger partial charge in [0.25, 0.3) is 0 Å². The normalized spacial score (nSPS) is 35.3. The van der Waals surface area contributed by atoms with Crippen LogP contribution in [0, 0.1) is 11.8 Å². The monoisotopic (exact) mass is 220 g/mol. The number of hydrogen-bond donors (Lipinski definition) is 1. The van der Waals surface area contributed by atoms with E-state index in [9.17, 15) is 0 Å². The zero-order chi connectivity index (χ0) is 11.0. The van der Waals surface area contributed by atoms with Crippen LogP contribution in [0.3, 0.4) is 0 Å². The second kappa shape index (κ2) is 4.17. The second-order valence-electron chi connectivity index (χ2n) is 4.58. The molecule has 4 atom stereocenters. The van der Waals surface area contributed by atoms with Gasteiger partial charge < -0.3 is 14.6 Å². The first-order valence-corrected chi connectivity index (χ1v) is 5.78. The molecule has 16 heavy (non-hydrogen) atoms. The SMILES string of the molecule is OC[C@H]1[C@@H](COCc2ccccc2)[C@@H]2O[C@H]12. The van der Waals surface area contributed by atoms with Gasteiger partial charge in [0.2, 0.25) is 0 Å². The zero-order valence-electron chi connectivity index (χ0n) is 9.08. The number of benzene rings is 1. The van der Waals surface area contributed by atoms with Gasteiger partial charge in [0, 0.05) is 18.4 Å². The van der Waals surface area contributed by atoms with E-state index in [0.29, 0.717) is 37.3 Å². The van der Waals surface area contributed by atoms with Crippen LogP contribution in [-0.4, -0.2) is 30.5 Å². The summed E-state index contributed by atoms with van der Waals surface area (Å²) in [5.41, 5.74) is 1.19. The number of epoxide rings is 1. The van der Waals surface area contributed by atoms with Crippen LogP contribution in [0.1, 0.15) is 5.56 Å². The number of aliphatic hydroxyl groups is 1. The maximum atomic E-state index is 9.13. The van der Waals surface area contributed by atoms with Crippen molar-refractivity contribution in [3.63, 3.8) is 0 Å². The Kier molecular flexibility index (Phi) is 2.67. The largest absolute Gasteiger partial charge is 0.396 e. The highest BCUT2D eigenvalue weighted by atomic mass is 16.6. The lowest BCUT2D eigenvalue weighted by Crippen LogP contribution is -2.41. The van der Waals surface area contributed by atoms with E-state index in [4.69, 9.17) is 14.6 Å². The van der Waals surface area contributed by atoms with E-state index in [-0.39, 0.29) is 6.61 Å². The minimum atomic E-state index is 0.223. The van der Waals surface area contributed by atoms with Crippen LogP contribution < -0.4 is 0 Å². The highest BCUT2D eigenvalue weighted by molar-refractivity contribution is 5.13. The van der Waals surface area contributed by atoms with E-state index in [1.165, 1.54) is 5.56 Å². The third-order valence-electron chi connectivity index (χ3n) is 3.59. The molecule has 2 fully saturated rings. The van der Waals surface area contributed by atoms with E-state index in [1.807, 2.05) is 18.2 Å². The van der Waals surface area contributed by atoms with Gasteiger partial charge in [-0.05, 0) is 5.56 Å². The van der Waals surface area contributed by atoms with Crippen LogP contribution in [0.25, 0.3) is 0 Å². The first kappa shape index (κ1) is 10.3. The number of ether oxygens (including phenoxy) is 2. The summed E-state index contributed by atoms with van der Waals surface area (Å²) in [5, 5.41) is 9.13. The molecule has 0 unspecified atom stereocenters. The third kappa shape index (κ3) is 1.75. The molecule has 3 rings (SSSR count). The molecule has 1 aromatic carbocycles. The summed E-state index contributed by atoms with van der Waals surface area (Å²) in [4.78, 5) is 0. The predicted molar refractivity (Wildman–Crippen MR) is 58.8 cm³/mol. The summed E-state index contributed by atoms with van der Waals surface area (Å²) in [6, 6.07) is 10.1. The molecule has 1 saturated heterocycles. The lowest BCUT2D eigenvalue weighted by atomic mass is 9.75. The minimum Gasteiger partial charge on any atom is -0.396 e. The minimum absolute atomic E-state index is 0.223. The predicted octanol–water partition coefficient (Wildman–Crippen LogP) is 1.21. The average molecular weight is 220 g/mol. The fraction of sp³-hybridized carbons (Fsp3) is 0.538. The van der Waals surface area contributed by atoms with E-state index < -0.39 is 0 Å². The van der Waals surface area contributed by atoms with Crippen LogP contribution in [0.2, 0.25) is 0 Å². The summed E-state index contributed by atoms with van der Waals surface area (Å²) in [6.45, 7) is 1.56. The molecular weight excluding hydrogens is 204 g/mol. The number of hydrogen-bond acceptors (Lipinski definition) is 3. The van der Waals surface area contributed by atoms with Gasteiger partial charge in [0.1, 0.15) is 0 Å². The molecule has 3 heteroatoms. The topological polar surface area (TPSA) is 42.0 Å². The van der Waals surface area contributed by atoms with Gasteiger partial charge in [0.15, 0.2) is 0 Å². The van der Waals surface area contributed by atoms with Gasteiger partial charge in [-0.1, -0.05) is 30.3 Å². The van der Waals surface area contributed by atoms with Crippen molar-refractivity contribution in [2.75, 3.05) is 13.2 Å². The summed E-state index contributed by atoms with van der Waals surface area (Å²) in [7, 11) is 0. The number of rotatable bonds is 5. The standard InChI is InChI=1S/C13H16O3/c14-6-10-11(13-12(10)16-13)8-15-7-9-4-2-1-3-5-9/h1-5,10-14H,6-8H2/t10-,11+,12+,13-/m0/s1. The molecule has 0 bridgehead atoms. The Bertz CT molecular complexity index is 351. The molecule has 0 radical (unpaired) electrons.